The third kappa shape index (κ3) is 2.54. The highest BCUT2D eigenvalue weighted by atomic mass is 16.5. The first kappa shape index (κ1) is 13.8. The first-order chi connectivity index (χ1) is 9.71. The van der Waals surface area contributed by atoms with Gasteiger partial charge in [0.15, 0.2) is 11.5 Å². The number of benzene rings is 1. The second-order valence-corrected chi connectivity index (χ2v) is 4.19. The van der Waals surface area contributed by atoms with Crippen LogP contribution in [0.1, 0.15) is 30.7 Å². The van der Waals surface area contributed by atoms with E-state index in [1.165, 1.54) is 6.07 Å². The number of ether oxygens (including phenoxy) is 1. The molecule has 5 heteroatoms. The normalized spacial score (nSPS) is 10.1. The summed E-state index contributed by atoms with van der Waals surface area (Å²) in [4.78, 5) is 0. The molecule has 20 heavy (non-hydrogen) atoms. The smallest absolute Gasteiger partial charge is 0.257 e. The Morgan fingerprint density at radius 1 is 1.20 bits per heavy atom. The number of aromatic nitrogens is 2. The van der Waals surface area contributed by atoms with Crippen molar-refractivity contribution in [2.24, 2.45) is 0 Å². The first-order valence-corrected chi connectivity index (χ1v) is 6.45. The van der Waals surface area contributed by atoms with E-state index in [4.69, 9.17) is 4.74 Å². The third-order valence-electron chi connectivity index (χ3n) is 3.00. The molecule has 0 atom stereocenters. The minimum Gasteiger partial charge on any atom is -0.504 e. The van der Waals surface area contributed by atoms with E-state index in [1.807, 2.05) is 13.8 Å². The molecule has 0 radical (unpaired) electrons. The molecule has 0 saturated heterocycles. The summed E-state index contributed by atoms with van der Waals surface area (Å²) in [5.41, 5.74) is 2.02. The molecule has 0 amide bonds. The summed E-state index contributed by atoms with van der Waals surface area (Å²) in [6.07, 6.45) is 1.39. The van der Waals surface area contributed by atoms with Crippen LogP contribution in [0, 0.1) is 11.3 Å². The third-order valence-corrected chi connectivity index (χ3v) is 3.00. The second kappa shape index (κ2) is 6.02. The van der Waals surface area contributed by atoms with Crippen molar-refractivity contribution in [3.63, 3.8) is 0 Å². The Morgan fingerprint density at radius 2 is 1.95 bits per heavy atom. The van der Waals surface area contributed by atoms with Crippen LogP contribution in [0.4, 0.5) is 0 Å². The zero-order valence-electron chi connectivity index (χ0n) is 11.4. The molecular weight excluding hydrogens is 254 g/mol. The van der Waals surface area contributed by atoms with Gasteiger partial charge in [-0.2, -0.15) is 10.4 Å². The number of aryl methyl sites for hydroxylation is 1. The molecule has 2 aromatic rings. The standard InChI is InChI=1S/C15H15N3O2/c1-3-10-11(9-16)15(18-17-12(10)4-2)20-14-8-6-5-7-13(14)19/h5-8,19H,3-4H2,1-2H3. The number of phenolic OH excluding ortho intramolecular Hbond substituents is 1. The minimum absolute atomic E-state index is 0.00388. The summed E-state index contributed by atoms with van der Waals surface area (Å²) in [7, 11) is 0. The molecule has 0 saturated carbocycles. The van der Waals surface area contributed by atoms with E-state index in [9.17, 15) is 10.4 Å². The van der Waals surface area contributed by atoms with Gasteiger partial charge in [-0.15, -0.1) is 5.10 Å². The molecule has 2 rings (SSSR count). The molecule has 0 aliphatic heterocycles. The fourth-order valence-corrected chi connectivity index (χ4v) is 1.99. The van der Waals surface area contributed by atoms with Crippen molar-refractivity contribution >= 4 is 0 Å². The van der Waals surface area contributed by atoms with Crippen molar-refractivity contribution in [1.29, 1.82) is 5.26 Å². The molecule has 0 spiro atoms. The molecule has 0 fully saturated rings. The van der Waals surface area contributed by atoms with Crippen molar-refractivity contribution in [2.75, 3.05) is 0 Å². The number of hydrogen-bond acceptors (Lipinski definition) is 5. The number of hydrogen-bond donors (Lipinski definition) is 1. The van der Waals surface area contributed by atoms with E-state index in [2.05, 4.69) is 16.3 Å². The molecule has 1 aromatic carbocycles. The molecule has 1 aromatic heterocycles. The molecule has 1 heterocycles. The molecular formula is C15H15N3O2. The van der Waals surface area contributed by atoms with Gasteiger partial charge in [0, 0.05) is 0 Å². The molecule has 102 valence electrons. The van der Waals surface area contributed by atoms with Gasteiger partial charge in [-0.25, -0.2) is 0 Å². The Balaban J connectivity index is 2.48. The van der Waals surface area contributed by atoms with E-state index in [1.54, 1.807) is 18.2 Å². The average Bonchev–Trinajstić information content (AvgIpc) is 2.48. The number of aromatic hydroxyl groups is 1. The van der Waals surface area contributed by atoms with E-state index in [0.29, 0.717) is 18.4 Å². The Hall–Kier alpha value is -2.61. The zero-order chi connectivity index (χ0) is 14.5. The van der Waals surface area contributed by atoms with Gasteiger partial charge >= 0.3 is 0 Å². The lowest BCUT2D eigenvalue weighted by Gasteiger charge is -2.11. The topological polar surface area (TPSA) is 79.0 Å². The lowest BCUT2D eigenvalue weighted by atomic mass is 10.0. The molecule has 0 aliphatic rings. The van der Waals surface area contributed by atoms with Crippen molar-refractivity contribution in [3.8, 4) is 23.4 Å². The maximum absolute atomic E-state index is 9.71. The largest absolute Gasteiger partial charge is 0.504 e. The summed E-state index contributed by atoms with van der Waals surface area (Å²) < 4.78 is 5.53. The van der Waals surface area contributed by atoms with Gasteiger partial charge in [0.05, 0.1) is 5.69 Å². The minimum atomic E-state index is -0.00388. The van der Waals surface area contributed by atoms with Crippen molar-refractivity contribution in [1.82, 2.24) is 10.2 Å². The van der Waals surface area contributed by atoms with E-state index in [0.717, 1.165) is 11.3 Å². The fraction of sp³-hybridized carbons (Fsp3) is 0.267. The van der Waals surface area contributed by atoms with Crippen LogP contribution in [0.3, 0.4) is 0 Å². The Kier molecular flexibility index (Phi) is 4.16. The van der Waals surface area contributed by atoms with Gasteiger partial charge in [0.2, 0.25) is 0 Å². The fourth-order valence-electron chi connectivity index (χ4n) is 1.99. The predicted octanol–water partition coefficient (Wildman–Crippen LogP) is 2.97. The maximum atomic E-state index is 9.71. The number of phenols is 1. The molecule has 0 bridgehead atoms. The van der Waals surface area contributed by atoms with Gasteiger partial charge in [-0.1, -0.05) is 26.0 Å². The van der Waals surface area contributed by atoms with Crippen LogP contribution >= 0.6 is 0 Å². The summed E-state index contributed by atoms with van der Waals surface area (Å²) in [5.74, 6) is 0.378. The average molecular weight is 269 g/mol. The lowest BCUT2D eigenvalue weighted by molar-refractivity contribution is 0.397. The van der Waals surface area contributed by atoms with Crippen LogP contribution in [0.15, 0.2) is 24.3 Å². The molecule has 0 aliphatic carbocycles. The highest BCUT2D eigenvalue weighted by Crippen LogP contribution is 2.31. The van der Waals surface area contributed by atoms with Gasteiger partial charge in [-0.05, 0) is 30.5 Å². The van der Waals surface area contributed by atoms with Crippen LogP contribution in [-0.2, 0) is 12.8 Å². The SMILES string of the molecule is CCc1nnc(Oc2ccccc2O)c(C#N)c1CC. The van der Waals surface area contributed by atoms with E-state index < -0.39 is 0 Å². The molecule has 1 N–H and O–H groups in total. The Labute approximate surface area is 117 Å². The first-order valence-electron chi connectivity index (χ1n) is 6.45. The summed E-state index contributed by atoms with van der Waals surface area (Å²) in [6, 6.07) is 8.66. The number of rotatable bonds is 4. The summed E-state index contributed by atoms with van der Waals surface area (Å²) in [5, 5.41) is 27.1. The summed E-state index contributed by atoms with van der Waals surface area (Å²) in [6.45, 7) is 3.93. The zero-order valence-corrected chi connectivity index (χ0v) is 11.4. The van der Waals surface area contributed by atoms with Gasteiger partial charge in [-0.3, -0.25) is 0 Å². The quantitative estimate of drug-likeness (QED) is 0.923. The van der Waals surface area contributed by atoms with Crippen molar-refractivity contribution in [3.05, 3.63) is 41.1 Å². The van der Waals surface area contributed by atoms with Crippen LogP contribution in [0.2, 0.25) is 0 Å². The Bertz CT molecular complexity index is 663. The number of nitrogens with zero attached hydrogens (tertiary/aromatic N) is 3. The molecule has 5 nitrogen and oxygen atoms in total. The van der Waals surface area contributed by atoms with Crippen molar-refractivity contribution in [2.45, 2.75) is 26.7 Å². The van der Waals surface area contributed by atoms with Crippen LogP contribution in [0.25, 0.3) is 0 Å². The molecule has 0 unspecified atom stereocenters. The van der Waals surface area contributed by atoms with E-state index in [-0.39, 0.29) is 17.4 Å². The highest BCUT2D eigenvalue weighted by Gasteiger charge is 2.16. The lowest BCUT2D eigenvalue weighted by Crippen LogP contribution is -2.05. The van der Waals surface area contributed by atoms with Crippen LogP contribution in [-0.4, -0.2) is 15.3 Å². The number of nitriles is 1. The Morgan fingerprint density at radius 3 is 2.55 bits per heavy atom. The summed E-state index contributed by atoms with van der Waals surface area (Å²) >= 11 is 0. The van der Waals surface area contributed by atoms with E-state index >= 15 is 0 Å². The van der Waals surface area contributed by atoms with Gasteiger partial charge in [0.1, 0.15) is 11.6 Å². The predicted molar refractivity (Wildman–Crippen MR) is 73.7 cm³/mol. The van der Waals surface area contributed by atoms with Gasteiger partial charge in [0.25, 0.3) is 5.88 Å². The maximum Gasteiger partial charge on any atom is 0.257 e. The second-order valence-electron chi connectivity index (χ2n) is 4.19. The monoisotopic (exact) mass is 269 g/mol. The van der Waals surface area contributed by atoms with Crippen LogP contribution < -0.4 is 4.74 Å². The number of para-hydroxylation sites is 2. The van der Waals surface area contributed by atoms with Crippen molar-refractivity contribution < 1.29 is 9.84 Å². The van der Waals surface area contributed by atoms with Crippen LogP contribution in [0.5, 0.6) is 17.4 Å². The highest BCUT2D eigenvalue weighted by molar-refractivity contribution is 5.49. The van der Waals surface area contributed by atoms with Gasteiger partial charge < -0.3 is 9.84 Å².